The number of carbonyl (C=O) groups is 2. The molecule has 0 unspecified atom stereocenters. The minimum absolute atomic E-state index is 0.0438. The fraction of sp³-hybridized carbons (Fsp3) is 0.417. The number of rotatable bonds is 9. The van der Waals surface area contributed by atoms with E-state index in [2.05, 4.69) is 10.6 Å². The van der Waals surface area contributed by atoms with E-state index in [0.29, 0.717) is 47.1 Å². The zero-order valence-corrected chi connectivity index (χ0v) is 20.3. The maximum atomic E-state index is 13.3. The van der Waals surface area contributed by atoms with Gasteiger partial charge in [-0.2, -0.15) is 13.2 Å². The van der Waals surface area contributed by atoms with Crippen LogP contribution in [0.1, 0.15) is 29.5 Å². The van der Waals surface area contributed by atoms with Crippen molar-refractivity contribution in [3.8, 4) is 0 Å². The molecule has 1 saturated carbocycles. The molecular weight excluding hydrogens is 490 g/mol. The van der Waals surface area contributed by atoms with Crippen molar-refractivity contribution in [1.82, 2.24) is 15.5 Å². The maximum Gasteiger partial charge on any atom is 0.416 e. The van der Waals surface area contributed by atoms with Crippen molar-refractivity contribution in [3.63, 3.8) is 0 Å². The Kier molecular flexibility index (Phi) is 8.16. The zero-order valence-electron chi connectivity index (χ0n) is 18.8. The van der Waals surface area contributed by atoms with Gasteiger partial charge in [0.1, 0.15) is 6.04 Å². The van der Waals surface area contributed by atoms with Crippen LogP contribution >= 0.6 is 23.2 Å². The van der Waals surface area contributed by atoms with Crippen molar-refractivity contribution in [2.45, 2.75) is 36.9 Å². The largest absolute Gasteiger partial charge is 0.416 e. The van der Waals surface area contributed by atoms with Gasteiger partial charge in [0.15, 0.2) is 0 Å². The van der Waals surface area contributed by atoms with E-state index in [1.807, 2.05) is 19.0 Å². The SMILES string of the molecule is CN(C)CCNC(=O)[C@H](Cc1ccc(C(F)(F)F)cc1)NC(=O)C1(c2ccc(Cl)cc2Cl)CC1. The van der Waals surface area contributed by atoms with Gasteiger partial charge in [0.2, 0.25) is 11.8 Å². The lowest BCUT2D eigenvalue weighted by atomic mass is 9.93. The first-order chi connectivity index (χ1) is 15.9. The molecule has 1 fully saturated rings. The van der Waals surface area contributed by atoms with Crippen LogP contribution in [-0.2, 0) is 27.6 Å². The normalized spacial score (nSPS) is 15.6. The lowest BCUT2D eigenvalue weighted by Crippen LogP contribution is -2.51. The molecule has 2 N–H and O–H groups in total. The highest BCUT2D eigenvalue weighted by molar-refractivity contribution is 6.35. The first-order valence-electron chi connectivity index (χ1n) is 10.8. The van der Waals surface area contributed by atoms with Crippen molar-refractivity contribution >= 4 is 35.0 Å². The van der Waals surface area contributed by atoms with E-state index in [-0.39, 0.29) is 12.3 Å². The summed E-state index contributed by atoms with van der Waals surface area (Å²) in [5.74, 6) is -0.760. The van der Waals surface area contributed by atoms with Crippen LogP contribution in [0.25, 0.3) is 0 Å². The number of alkyl halides is 3. The Morgan fingerprint density at radius 2 is 1.74 bits per heavy atom. The van der Waals surface area contributed by atoms with Gasteiger partial charge >= 0.3 is 6.18 Å². The molecule has 184 valence electrons. The number of carbonyl (C=O) groups excluding carboxylic acids is 2. The third kappa shape index (κ3) is 6.43. The lowest BCUT2D eigenvalue weighted by Gasteiger charge is -2.24. The van der Waals surface area contributed by atoms with E-state index < -0.39 is 29.1 Å². The molecule has 1 aliphatic carbocycles. The summed E-state index contributed by atoms with van der Waals surface area (Å²) in [6, 6.07) is 8.54. The van der Waals surface area contributed by atoms with Crippen LogP contribution in [0.15, 0.2) is 42.5 Å². The average molecular weight is 516 g/mol. The molecule has 1 aliphatic rings. The van der Waals surface area contributed by atoms with E-state index in [1.54, 1.807) is 18.2 Å². The molecule has 0 radical (unpaired) electrons. The van der Waals surface area contributed by atoms with Crippen molar-refractivity contribution in [2.24, 2.45) is 0 Å². The van der Waals surface area contributed by atoms with Crippen LogP contribution in [-0.4, -0.2) is 49.9 Å². The Morgan fingerprint density at radius 1 is 1.09 bits per heavy atom. The molecule has 0 heterocycles. The van der Waals surface area contributed by atoms with Crippen molar-refractivity contribution in [3.05, 3.63) is 69.2 Å². The van der Waals surface area contributed by atoms with Gasteiger partial charge in [0, 0.05) is 29.6 Å². The highest BCUT2D eigenvalue weighted by Crippen LogP contribution is 2.51. The van der Waals surface area contributed by atoms with E-state index in [1.165, 1.54) is 12.1 Å². The minimum atomic E-state index is -4.45. The van der Waals surface area contributed by atoms with Gasteiger partial charge in [-0.3, -0.25) is 9.59 Å². The number of hydrogen-bond acceptors (Lipinski definition) is 3. The number of nitrogens with zero attached hydrogens (tertiary/aromatic N) is 1. The predicted molar refractivity (Wildman–Crippen MR) is 126 cm³/mol. The molecule has 34 heavy (non-hydrogen) atoms. The summed E-state index contributed by atoms with van der Waals surface area (Å²) in [5, 5.41) is 6.42. The number of likely N-dealkylation sites (N-methyl/N-ethyl adjacent to an activating group) is 1. The van der Waals surface area contributed by atoms with E-state index in [9.17, 15) is 22.8 Å². The van der Waals surface area contributed by atoms with Crippen molar-refractivity contribution in [2.75, 3.05) is 27.2 Å². The molecule has 2 aromatic carbocycles. The van der Waals surface area contributed by atoms with Gasteiger partial charge in [0.25, 0.3) is 0 Å². The summed E-state index contributed by atoms with van der Waals surface area (Å²) in [4.78, 5) is 28.1. The van der Waals surface area contributed by atoms with Crippen molar-refractivity contribution in [1.29, 1.82) is 0 Å². The van der Waals surface area contributed by atoms with Crippen LogP contribution < -0.4 is 10.6 Å². The highest BCUT2D eigenvalue weighted by atomic mass is 35.5. The fourth-order valence-corrected chi connectivity index (χ4v) is 4.31. The Morgan fingerprint density at radius 3 is 2.26 bits per heavy atom. The Bertz CT molecular complexity index is 1040. The Hall–Kier alpha value is -2.29. The molecule has 3 rings (SSSR count). The molecule has 0 bridgehead atoms. The average Bonchev–Trinajstić information content (AvgIpc) is 3.54. The standard InChI is InChI=1S/C24H26Cl2F3N3O2/c1-32(2)12-11-30-21(33)20(13-15-3-5-16(6-4-15)24(27,28)29)31-22(34)23(9-10-23)18-8-7-17(25)14-19(18)26/h3-8,14,20H,9-13H2,1-2H3,(H,30,33)(H,31,34)/t20-/m0/s1. The molecule has 0 spiro atoms. The van der Waals surface area contributed by atoms with E-state index >= 15 is 0 Å². The fourth-order valence-electron chi connectivity index (χ4n) is 3.72. The highest BCUT2D eigenvalue weighted by Gasteiger charge is 2.53. The molecule has 2 aromatic rings. The summed E-state index contributed by atoms with van der Waals surface area (Å²) >= 11 is 12.3. The van der Waals surface area contributed by atoms with Crippen LogP contribution in [0.2, 0.25) is 10.0 Å². The van der Waals surface area contributed by atoms with Crippen LogP contribution in [0, 0.1) is 0 Å². The Labute approximate surface area is 206 Å². The maximum absolute atomic E-state index is 13.3. The molecule has 0 aliphatic heterocycles. The second-order valence-corrected chi connectivity index (χ2v) is 9.57. The summed E-state index contributed by atoms with van der Waals surface area (Å²) < 4.78 is 38.7. The topological polar surface area (TPSA) is 61.4 Å². The quantitative estimate of drug-likeness (QED) is 0.518. The Balaban J connectivity index is 1.79. The molecule has 10 heteroatoms. The van der Waals surface area contributed by atoms with Gasteiger partial charge in [-0.15, -0.1) is 0 Å². The van der Waals surface area contributed by atoms with Crippen molar-refractivity contribution < 1.29 is 22.8 Å². The molecule has 0 saturated heterocycles. The van der Waals surface area contributed by atoms with Crippen LogP contribution in [0.5, 0.6) is 0 Å². The first kappa shape index (κ1) is 26.3. The number of halogens is 5. The molecule has 2 amide bonds. The molecule has 1 atom stereocenters. The summed E-state index contributed by atoms with van der Waals surface area (Å²) in [7, 11) is 3.72. The van der Waals surface area contributed by atoms with E-state index in [4.69, 9.17) is 23.2 Å². The minimum Gasteiger partial charge on any atom is -0.353 e. The second-order valence-electron chi connectivity index (χ2n) is 8.73. The van der Waals surface area contributed by atoms with Gasteiger partial charge in [-0.05, 0) is 62.3 Å². The summed E-state index contributed by atoms with van der Waals surface area (Å²) in [6.07, 6.45) is -3.28. The zero-order chi connectivity index (χ0) is 25.1. The van der Waals surface area contributed by atoms with E-state index in [0.717, 1.165) is 12.1 Å². The monoisotopic (exact) mass is 515 g/mol. The molecular formula is C24H26Cl2F3N3O2. The molecule has 5 nitrogen and oxygen atoms in total. The number of nitrogens with one attached hydrogen (secondary N) is 2. The summed E-state index contributed by atoms with van der Waals surface area (Å²) in [6.45, 7) is 0.955. The van der Waals surface area contributed by atoms with Crippen LogP contribution in [0.3, 0.4) is 0 Å². The number of hydrogen-bond donors (Lipinski definition) is 2. The third-order valence-corrected chi connectivity index (χ3v) is 6.38. The van der Waals surface area contributed by atoms with Crippen LogP contribution in [0.4, 0.5) is 13.2 Å². The smallest absolute Gasteiger partial charge is 0.353 e. The number of benzene rings is 2. The van der Waals surface area contributed by atoms with Gasteiger partial charge in [-0.25, -0.2) is 0 Å². The second kappa shape index (κ2) is 10.5. The first-order valence-corrected chi connectivity index (χ1v) is 11.5. The predicted octanol–water partition coefficient (Wildman–Crippen LogP) is 4.45. The summed E-state index contributed by atoms with van der Waals surface area (Å²) in [5.41, 5.74) is -0.501. The van der Waals surface area contributed by atoms with Gasteiger partial charge in [0.05, 0.1) is 11.0 Å². The lowest BCUT2D eigenvalue weighted by molar-refractivity contribution is -0.137. The molecule has 0 aromatic heterocycles. The third-order valence-electron chi connectivity index (χ3n) is 5.83. The number of amides is 2. The van der Waals surface area contributed by atoms with Gasteiger partial charge in [-0.1, -0.05) is 41.4 Å². The van der Waals surface area contributed by atoms with Gasteiger partial charge < -0.3 is 15.5 Å².